The Labute approximate surface area is 228 Å². The number of halogens is 3. The molecule has 1 fully saturated rings. The highest BCUT2D eigenvalue weighted by atomic mass is 79.9. The summed E-state index contributed by atoms with van der Waals surface area (Å²) < 4.78 is 26.7. The summed E-state index contributed by atoms with van der Waals surface area (Å²) in [5, 5.41) is 4.81. The Balaban J connectivity index is 1.47. The van der Waals surface area contributed by atoms with Crippen LogP contribution in [0.5, 0.6) is 11.5 Å². The van der Waals surface area contributed by atoms with E-state index in [1.54, 1.807) is 18.2 Å². The van der Waals surface area contributed by atoms with Gasteiger partial charge in [0.2, 0.25) is 5.91 Å². The normalized spacial score (nSPS) is 14.1. The summed E-state index contributed by atoms with van der Waals surface area (Å²) in [7, 11) is 1.49. The average molecular weight is 633 g/mol. The summed E-state index contributed by atoms with van der Waals surface area (Å²) in [6.45, 7) is -0.271. The van der Waals surface area contributed by atoms with Gasteiger partial charge < -0.3 is 20.1 Å². The van der Waals surface area contributed by atoms with E-state index in [4.69, 9.17) is 9.47 Å². The highest BCUT2D eigenvalue weighted by Crippen LogP contribution is 2.38. The van der Waals surface area contributed by atoms with Crippen molar-refractivity contribution in [3.63, 3.8) is 0 Å². The van der Waals surface area contributed by atoms with E-state index in [9.17, 15) is 18.8 Å². The van der Waals surface area contributed by atoms with Crippen LogP contribution in [0.4, 0.5) is 14.9 Å². The van der Waals surface area contributed by atoms with Crippen molar-refractivity contribution in [3.8, 4) is 11.5 Å². The lowest BCUT2D eigenvalue weighted by Crippen LogP contribution is -2.38. The zero-order valence-corrected chi connectivity index (χ0v) is 22.6. The fourth-order valence-corrected chi connectivity index (χ4v) is 4.32. The van der Waals surface area contributed by atoms with E-state index in [1.165, 1.54) is 31.4 Å². The minimum Gasteiger partial charge on any atom is -0.493 e. The molecule has 190 valence electrons. The molecule has 4 amide bonds. The summed E-state index contributed by atoms with van der Waals surface area (Å²) >= 11 is 6.87. The maximum atomic E-state index is 13.8. The Hall–Kier alpha value is -3.70. The molecule has 0 bridgehead atoms. The number of ether oxygens (including phenoxy) is 2. The van der Waals surface area contributed by atoms with Gasteiger partial charge in [0, 0.05) is 4.47 Å². The van der Waals surface area contributed by atoms with Gasteiger partial charge in [-0.25, -0.2) is 14.1 Å². The van der Waals surface area contributed by atoms with E-state index < -0.39 is 30.2 Å². The Morgan fingerprint density at radius 1 is 1.11 bits per heavy atom. The van der Waals surface area contributed by atoms with Crippen molar-refractivity contribution in [2.75, 3.05) is 19.0 Å². The lowest BCUT2D eigenvalue weighted by atomic mass is 10.1. The van der Waals surface area contributed by atoms with E-state index in [0.29, 0.717) is 28.1 Å². The van der Waals surface area contributed by atoms with Gasteiger partial charge in [-0.2, -0.15) is 0 Å². The summed E-state index contributed by atoms with van der Waals surface area (Å²) in [5.74, 6) is -1.15. The lowest BCUT2D eigenvalue weighted by molar-refractivity contribution is -0.127. The number of rotatable bonds is 8. The van der Waals surface area contributed by atoms with Crippen molar-refractivity contribution in [3.05, 3.63) is 92.3 Å². The number of hydrogen-bond acceptors (Lipinski definition) is 5. The number of carbonyl (C=O) groups is 3. The van der Waals surface area contributed by atoms with E-state index in [2.05, 4.69) is 42.5 Å². The second kappa shape index (κ2) is 11.6. The minimum atomic E-state index is -0.764. The standard InChI is InChI=1S/C26H20Br2FN3O5/c1-36-22-12-16(10-18(28)24(22)37-14-15-6-8-17(27)9-7-15)11-21-25(34)32(26(35)31-21)13-23(33)30-20-5-3-2-4-19(20)29/h2-12H,13-14H2,1H3,(H,30,33)(H,31,35)/b21-11+. The maximum Gasteiger partial charge on any atom is 0.329 e. The van der Waals surface area contributed by atoms with Crippen LogP contribution in [0.25, 0.3) is 6.08 Å². The number of amides is 4. The smallest absolute Gasteiger partial charge is 0.329 e. The van der Waals surface area contributed by atoms with Crippen molar-refractivity contribution in [2.45, 2.75) is 6.61 Å². The molecule has 1 aliphatic rings. The Morgan fingerprint density at radius 2 is 1.84 bits per heavy atom. The van der Waals surface area contributed by atoms with Gasteiger partial charge in [-0.1, -0.05) is 40.2 Å². The molecule has 0 aromatic heterocycles. The monoisotopic (exact) mass is 631 g/mol. The third-order valence-corrected chi connectivity index (χ3v) is 6.39. The number of hydrogen-bond donors (Lipinski definition) is 2. The van der Waals surface area contributed by atoms with Gasteiger partial charge >= 0.3 is 6.03 Å². The molecular formula is C26H20Br2FN3O5. The maximum absolute atomic E-state index is 13.8. The summed E-state index contributed by atoms with van der Waals surface area (Å²) in [6.07, 6.45) is 1.46. The fourth-order valence-electron chi connectivity index (χ4n) is 3.48. The second-order valence-corrected chi connectivity index (χ2v) is 9.63. The van der Waals surface area contributed by atoms with Crippen LogP contribution in [0, 0.1) is 5.82 Å². The third kappa shape index (κ3) is 6.36. The van der Waals surface area contributed by atoms with Crippen LogP contribution in [-0.4, -0.2) is 36.4 Å². The predicted molar refractivity (Wildman–Crippen MR) is 142 cm³/mol. The number of nitrogens with one attached hydrogen (secondary N) is 2. The Morgan fingerprint density at radius 3 is 2.54 bits per heavy atom. The molecule has 1 saturated heterocycles. The first-order valence-electron chi connectivity index (χ1n) is 10.9. The van der Waals surface area contributed by atoms with Crippen LogP contribution in [-0.2, 0) is 16.2 Å². The van der Waals surface area contributed by atoms with Gasteiger partial charge in [0.05, 0.1) is 17.3 Å². The zero-order valence-electron chi connectivity index (χ0n) is 19.4. The van der Waals surface area contributed by atoms with Gasteiger partial charge in [0.15, 0.2) is 11.5 Å². The molecule has 2 N–H and O–H groups in total. The van der Waals surface area contributed by atoms with Crippen molar-refractivity contribution in [1.82, 2.24) is 10.2 Å². The molecule has 0 unspecified atom stereocenters. The molecule has 0 atom stereocenters. The van der Waals surface area contributed by atoms with Crippen LogP contribution >= 0.6 is 31.9 Å². The molecule has 37 heavy (non-hydrogen) atoms. The molecule has 8 nitrogen and oxygen atoms in total. The highest BCUT2D eigenvalue weighted by molar-refractivity contribution is 9.10. The molecule has 0 radical (unpaired) electrons. The van der Waals surface area contributed by atoms with Gasteiger partial charge in [-0.15, -0.1) is 0 Å². The number of methoxy groups -OCH3 is 1. The second-order valence-electron chi connectivity index (χ2n) is 7.86. The molecule has 3 aromatic rings. The number of carbonyl (C=O) groups excluding carboxylic acids is 3. The van der Waals surface area contributed by atoms with Crippen molar-refractivity contribution >= 4 is 61.5 Å². The fraction of sp³-hybridized carbons (Fsp3) is 0.115. The topological polar surface area (TPSA) is 97.0 Å². The first-order chi connectivity index (χ1) is 17.7. The van der Waals surface area contributed by atoms with Crippen LogP contribution in [0.1, 0.15) is 11.1 Å². The number of urea groups is 1. The molecule has 1 heterocycles. The summed E-state index contributed by atoms with van der Waals surface area (Å²) in [4.78, 5) is 38.2. The SMILES string of the molecule is COc1cc(/C=C2/NC(=O)N(CC(=O)Nc3ccccc3F)C2=O)cc(Br)c1OCc1ccc(Br)cc1. The van der Waals surface area contributed by atoms with Crippen LogP contribution in [0.2, 0.25) is 0 Å². The highest BCUT2D eigenvalue weighted by Gasteiger charge is 2.35. The quantitative estimate of drug-likeness (QED) is 0.254. The van der Waals surface area contributed by atoms with Gasteiger partial charge in [0.25, 0.3) is 5.91 Å². The van der Waals surface area contributed by atoms with Gasteiger partial charge in [-0.3, -0.25) is 9.59 Å². The van der Waals surface area contributed by atoms with E-state index in [1.807, 2.05) is 24.3 Å². The number of anilines is 1. The summed E-state index contributed by atoms with van der Waals surface area (Å²) in [5.41, 5.74) is 1.43. The van der Waals surface area contributed by atoms with Gasteiger partial charge in [-0.05, 0) is 69.5 Å². The number of para-hydroxylation sites is 1. The third-order valence-electron chi connectivity index (χ3n) is 5.27. The zero-order chi connectivity index (χ0) is 26.5. The molecule has 11 heteroatoms. The number of imide groups is 1. The number of nitrogens with zero attached hydrogens (tertiary/aromatic N) is 1. The van der Waals surface area contributed by atoms with E-state index >= 15 is 0 Å². The molecule has 0 spiro atoms. The molecular weight excluding hydrogens is 613 g/mol. The molecule has 4 rings (SSSR count). The lowest BCUT2D eigenvalue weighted by Gasteiger charge is -2.14. The van der Waals surface area contributed by atoms with Crippen LogP contribution in [0.3, 0.4) is 0 Å². The van der Waals surface area contributed by atoms with Crippen LogP contribution in [0.15, 0.2) is 75.3 Å². The predicted octanol–water partition coefficient (Wildman–Crippen LogP) is 5.47. The van der Waals surface area contributed by atoms with Crippen molar-refractivity contribution in [2.24, 2.45) is 0 Å². The minimum absolute atomic E-state index is 0.0267. The first kappa shape index (κ1) is 26.4. The first-order valence-corrected chi connectivity index (χ1v) is 12.5. The summed E-state index contributed by atoms with van der Waals surface area (Å²) in [6, 6.07) is 15.9. The molecule has 0 aliphatic carbocycles. The van der Waals surface area contributed by atoms with Crippen molar-refractivity contribution < 1.29 is 28.2 Å². The Kier molecular flexibility index (Phi) is 8.24. The largest absolute Gasteiger partial charge is 0.493 e. The van der Waals surface area contributed by atoms with Gasteiger partial charge in [0.1, 0.15) is 24.7 Å². The average Bonchev–Trinajstić information content (AvgIpc) is 3.12. The molecule has 3 aromatic carbocycles. The number of benzene rings is 3. The van der Waals surface area contributed by atoms with Crippen LogP contribution < -0.4 is 20.1 Å². The van der Waals surface area contributed by atoms with E-state index in [0.717, 1.165) is 14.9 Å². The van der Waals surface area contributed by atoms with E-state index in [-0.39, 0.29) is 11.4 Å². The Bertz CT molecular complexity index is 1400. The van der Waals surface area contributed by atoms with Crippen molar-refractivity contribution in [1.29, 1.82) is 0 Å². The molecule has 1 aliphatic heterocycles. The molecule has 0 saturated carbocycles.